The summed E-state index contributed by atoms with van der Waals surface area (Å²) in [5.41, 5.74) is 2.15. The summed E-state index contributed by atoms with van der Waals surface area (Å²) in [6.07, 6.45) is 0.881. The Balaban J connectivity index is 0.00000529. The topological polar surface area (TPSA) is 65.7 Å². The first-order chi connectivity index (χ1) is 10.9. The highest BCUT2D eigenvalue weighted by molar-refractivity contribution is 14.0. The summed E-state index contributed by atoms with van der Waals surface area (Å²) in [7, 11) is 1.80. The van der Waals surface area contributed by atoms with Crippen LogP contribution in [0.15, 0.2) is 9.52 Å². The summed E-state index contributed by atoms with van der Waals surface area (Å²) in [6.45, 7) is 15.5. The highest BCUT2D eigenvalue weighted by Crippen LogP contribution is 2.11. The van der Waals surface area contributed by atoms with Crippen LogP contribution in [0.5, 0.6) is 0 Å². The van der Waals surface area contributed by atoms with Gasteiger partial charge in [-0.15, -0.1) is 24.0 Å². The number of nitrogens with zero attached hydrogens (tertiary/aromatic N) is 3. The van der Waals surface area contributed by atoms with Crippen molar-refractivity contribution in [2.24, 2.45) is 4.99 Å². The Bertz CT molecular complexity index is 472. The van der Waals surface area contributed by atoms with Gasteiger partial charge in [0.05, 0.1) is 5.69 Å². The molecule has 0 aliphatic rings. The van der Waals surface area contributed by atoms with Crippen LogP contribution < -0.4 is 10.6 Å². The molecular formula is C17H34IN5O. The number of halogens is 1. The number of aromatic nitrogens is 1. The molecule has 0 unspecified atom stereocenters. The Kier molecular flexibility index (Phi) is 11.3. The van der Waals surface area contributed by atoms with Crippen molar-refractivity contribution in [2.75, 3.05) is 26.7 Å². The molecule has 0 amide bonds. The van der Waals surface area contributed by atoms with Crippen LogP contribution in [0.25, 0.3) is 0 Å². The quantitative estimate of drug-likeness (QED) is 0.362. The number of nitrogens with one attached hydrogen (secondary N) is 2. The molecule has 7 heteroatoms. The van der Waals surface area contributed by atoms with E-state index in [1.165, 1.54) is 5.56 Å². The lowest BCUT2D eigenvalue weighted by Gasteiger charge is -2.30. The van der Waals surface area contributed by atoms with Crippen LogP contribution in [0, 0.1) is 13.8 Å². The van der Waals surface area contributed by atoms with Crippen LogP contribution in [0.1, 0.15) is 44.7 Å². The molecule has 2 N–H and O–H groups in total. The SMILES string of the molecule is CN=C(NCCc1c(C)noc1C)NCCN(C(C)C)C(C)C.I. The van der Waals surface area contributed by atoms with E-state index < -0.39 is 0 Å². The lowest BCUT2D eigenvalue weighted by molar-refractivity contribution is 0.178. The second kappa shape index (κ2) is 11.7. The zero-order valence-electron chi connectivity index (χ0n) is 16.1. The maximum atomic E-state index is 5.19. The van der Waals surface area contributed by atoms with Crippen molar-refractivity contribution in [3.05, 3.63) is 17.0 Å². The van der Waals surface area contributed by atoms with Crippen LogP contribution in [0.2, 0.25) is 0 Å². The molecule has 0 atom stereocenters. The van der Waals surface area contributed by atoms with Crippen molar-refractivity contribution in [3.63, 3.8) is 0 Å². The maximum Gasteiger partial charge on any atom is 0.191 e. The van der Waals surface area contributed by atoms with E-state index in [0.29, 0.717) is 12.1 Å². The van der Waals surface area contributed by atoms with Gasteiger partial charge in [-0.3, -0.25) is 9.89 Å². The van der Waals surface area contributed by atoms with Crippen molar-refractivity contribution in [1.82, 2.24) is 20.7 Å². The van der Waals surface area contributed by atoms with Crippen molar-refractivity contribution in [1.29, 1.82) is 0 Å². The molecule has 0 bridgehead atoms. The average molecular weight is 451 g/mol. The van der Waals surface area contributed by atoms with Crippen molar-refractivity contribution in [3.8, 4) is 0 Å². The molecule has 24 heavy (non-hydrogen) atoms. The molecule has 0 fully saturated rings. The highest BCUT2D eigenvalue weighted by Gasteiger charge is 2.13. The smallest absolute Gasteiger partial charge is 0.191 e. The Morgan fingerprint density at radius 1 is 1.12 bits per heavy atom. The zero-order valence-corrected chi connectivity index (χ0v) is 18.5. The molecule has 0 saturated heterocycles. The lowest BCUT2D eigenvalue weighted by atomic mass is 10.1. The molecular weight excluding hydrogens is 417 g/mol. The minimum Gasteiger partial charge on any atom is -0.361 e. The second-order valence-corrected chi connectivity index (χ2v) is 6.40. The van der Waals surface area contributed by atoms with Gasteiger partial charge in [0.15, 0.2) is 5.96 Å². The molecule has 1 aromatic heterocycles. The van der Waals surface area contributed by atoms with E-state index in [4.69, 9.17) is 4.52 Å². The molecule has 140 valence electrons. The van der Waals surface area contributed by atoms with Gasteiger partial charge in [0.2, 0.25) is 0 Å². The van der Waals surface area contributed by atoms with Crippen LogP contribution in [0.4, 0.5) is 0 Å². The molecule has 0 aliphatic carbocycles. The zero-order chi connectivity index (χ0) is 17.4. The monoisotopic (exact) mass is 451 g/mol. The largest absolute Gasteiger partial charge is 0.361 e. The van der Waals surface area contributed by atoms with Gasteiger partial charge >= 0.3 is 0 Å². The predicted molar refractivity (Wildman–Crippen MR) is 111 cm³/mol. The van der Waals surface area contributed by atoms with Gasteiger partial charge in [-0.25, -0.2) is 0 Å². The van der Waals surface area contributed by atoms with E-state index in [1.807, 2.05) is 13.8 Å². The molecule has 0 spiro atoms. The Morgan fingerprint density at radius 3 is 2.17 bits per heavy atom. The van der Waals surface area contributed by atoms with Crippen molar-refractivity contribution in [2.45, 2.75) is 60.0 Å². The fraction of sp³-hybridized carbons (Fsp3) is 0.765. The van der Waals surface area contributed by atoms with Crippen LogP contribution in [-0.2, 0) is 6.42 Å². The minimum atomic E-state index is 0. The fourth-order valence-corrected chi connectivity index (χ4v) is 2.80. The van der Waals surface area contributed by atoms with Crippen LogP contribution >= 0.6 is 24.0 Å². The van der Waals surface area contributed by atoms with E-state index in [-0.39, 0.29) is 24.0 Å². The highest BCUT2D eigenvalue weighted by atomic mass is 127. The number of hydrogen-bond donors (Lipinski definition) is 2. The number of guanidine groups is 1. The van der Waals surface area contributed by atoms with Gasteiger partial charge < -0.3 is 15.2 Å². The molecule has 1 aromatic rings. The van der Waals surface area contributed by atoms with Gasteiger partial charge in [0, 0.05) is 44.3 Å². The maximum absolute atomic E-state index is 5.19. The summed E-state index contributed by atoms with van der Waals surface area (Å²) in [6, 6.07) is 1.10. The number of rotatable bonds is 8. The van der Waals surface area contributed by atoms with E-state index in [9.17, 15) is 0 Å². The fourth-order valence-electron chi connectivity index (χ4n) is 2.80. The standard InChI is InChI=1S/C17H33N5O.HI/c1-12(2)22(13(3)4)11-10-20-17(18-7)19-9-8-16-14(5)21-23-15(16)6;/h12-13H,8-11H2,1-7H3,(H2,18,19,20);1H. The first-order valence-electron chi connectivity index (χ1n) is 8.48. The van der Waals surface area contributed by atoms with E-state index in [1.54, 1.807) is 7.05 Å². The Labute approximate surface area is 163 Å². The second-order valence-electron chi connectivity index (χ2n) is 6.40. The predicted octanol–water partition coefficient (Wildman–Crippen LogP) is 2.74. The van der Waals surface area contributed by atoms with E-state index in [0.717, 1.165) is 43.5 Å². The van der Waals surface area contributed by atoms with Gasteiger partial charge in [0.1, 0.15) is 5.76 Å². The van der Waals surface area contributed by atoms with Crippen molar-refractivity contribution < 1.29 is 4.52 Å². The van der Waals surface area contributed by atoms with Gasteiger partial charge in [-0.05, 0) is 48.0 Å². The van der Waals surface area contributed by atoms with Gasteiger partial charge in [0.25, 0.3) is 0 Å². The average Bonchev–Trinajstić information content (AvgIpc) is 2.80. The molecule has 0 aliphatic heterocycles. The van der Waals surface area contributed by atoms with E-state index >= 15 is 0 Å². The summed E-state index contributed by atoms with van der Waals surface area (Å²) in [5, 5.41) is 10.7. The van der Waals surface area contributed by atoms with Crippen molar-refractivity contribution >= 4 is 29.9 Å². The first-order valence-corrected chi connectivity index (χ1v) is 8.48. The molecule has 1 rings (SSSR count). The van der Waals surface area contributed by atoms with E-state index in [2.05, 4.69) is 53.4 Å². The third-order valence-electron chi connectivity index (χ3n) is 4.06. The summed E-state index contributed by atoms with van der Waals surface area (Å²) < 4.78 is 5.19. The van der Waals surface area contributed by atoms with Crippen LogP contribution in [0.3, 0.4) is 0 Å². The summed E-state index contributed by atoms with van der Waals surface area (Å²) in [4.78, 5) is 6.74. The molecule has 1 heterocycles. The van der Waals surface area contributed by atoms with Gasteiger partial charge in [-0.1, -0.05) is 5.16 Å². The Hall–Kier alpha value is -0.830. The molecule has 0 saturated carbocycles. The first kappa shape index (κ1) is 23.2. The molecule has 0 radical (unpaired) electrons. The summed E-state index contributed by atoms with van der Waals surface area (Å²) in [5.74, 6) is 1.74. The molecule has 0 aromatic carbocycles. The normalized spacial score (nSPS) is 12.0. The minimum absolute atomic E-state index is 0. The number of hydrogen-bond acceptors (Lipinski definition) is 4. The molecule has 6 nitrogen and oxygen atoms in total. The Morgan fingerprint density at radius 2 is 1.71 bits per heavy atom. The van der Waals surface area contributed by atoms with Gasteiger partial charge in [-0.2, -0.15) is 0 Å². The summed E-state index contributed by atoms with van der Waals surface area (Å²) >= 11 is 0. The van der Waals surface area contributed by atoms with Crippen LogP contribution in [-0.4, -0.2) is 54.8 Å². The lowest BCUT2D eigenvalue weighted by Crippen LogP contribution is -2.45. The number of aryl methyl sites for hydroxylation is 2. The number of aliphatic imine (C=N–C) groups is 1. The third kappa shape index (κ3) is 7.38. The third-order valence-corrected chi connectivity index (χ3v) is 4.06.